The van der Waals surface area contributed by atoms with Crippen LogP contribution in [0.1, 0.15) is 56.7 Å². The molecule has 0 radical (unpaired) electrons. The van der Waals surface area contributed by atoms with Gasteiger partial charge in [0.15, 0.2) is 5.82 Å². The predicted molar refractivity (Wildman–Crippen MR) is 137 cm³/mol. The number of aromatic nitrogens is 2. The standard InChI is InChI=1S/C26H33N5O3S/c1-5-30(6-2)23-14-21(34-29-23)15-24(32)31-13-7-8-22(31)26(33)28-17(3)19-9-11-20(12-10-19)25-18(4)27-16-35-25/h9-12,14,16-17,22H,5-8,13,15H2,1-4H3,(H,28,33). The molecule has 0 saturated carbocycles. The van der Waals surface area contributed by atoms with Crippen LogP contribution in [0, 0.1) is 6.92 Å². The molecule has 3 aromatic rings. The highest BCUT2D eigenvalue weighted by Crippen LogP contribution is 2.28. The number of amides is 2. The van der Waals surface area contributed by atoms with Crippen molar-refractivity contribution in [3.05, 3.63) is 52.9 Å². The van der Waals surface area contributed by atoms with Crippen molar-refractivity contribution in [2.24, 2.45) is 0 Å². The van der Waals surface area contributed by atoms with Crippen LogP contribution in [0.15, 0.2) is 40.4 Å². The predicted octanol–water partition coefficient (Wildman–Crippen LogP) is 4.36. The van der Waals surface area contributed by atoms with Crippen molar-refractivity contribution in [3.8, 4) is 10.4 Å². The van der Waals surface area contributed by atoms with Crippen molar-refractivity contribution in [1.29, 1.82) is 0 Å². The Labute approximate surface area is 210 Å². The highest BCUT2D eigenvalue weighted by molar-refractivity contribution is 7.13. The Bertz CT molecular complexity index is 1150. The fourth-order valence-electron chi connectivity index (χ4n) is 4.57. The molecule has 2 unspecified atom stereocenters. The normalized spacial score (nSPS) is 16.3. The molecule has 2 amide bonds. The number of carbonyl (C=O) groups excluding carboxylic acids is 2. The molecule has 1 aliphatic rings. The van der Waals surface area contributed by atoms with Crippen LogP contribution in [0.4, 0.5) is 5.82 Å². The molecule has 1 saturated heterocycles. The zero-order chi connectivity index (χ0) is 24.9. The molecule has 35 heavy (non-hydrogen) atoms. The first-order valence-corrected chi connectivity index (χ1v) is 13.1. The average Bonchev–Trinajstić information content (AvgIpc) is 3.61. The number of carbonyl (C=O) groups is 2. The third-order valence-corrected chi connectivity index (χ3v) is 7.59. The van der Waals surface area contributed by atoms with Gasteiger partial charge in [0, 0.05) is 25.7 Å². The van der Waals surface area contributed by atoms with Crippen molar-refractivity contribution >= 4 is 29.0 Å². The number of hydrogen-bond donors (Lipinski definition) is 1. The van der Waals surface area contributed by atoms with Gasteiger partial charge >= 0.3 is 0 Å². The quantitative estimate of drug-likeness (QED) is 0.474. The third kappa shape index (κ3) is 5.56. The summed E-state index contributed by atoms with van der Waals surface area (Å²) in [5, 5.41) is 7.19. The Morgan fingerprint density at radius 1 is 1.26 bits per heavy atom. The zero-order valence-electron chi connectivity index (χ0n) is 20.8. The summed E-state index contributed by atoms with van der Waals surface area (Å²) in [6.45, 7) is 10.3. The minimum Gasteiger partial charge on any atom is -0.359 e. The number of benzene rings is 1. The smallest absolute Gasteiger partial charge is 0.243 e. The Hall–Kier alpha value is -3.20. The van der Waals surface area contributed by atoms with Crippen molar-refractivity contribution in [3.63, 3.8) is 0 Å². The molecular formula is C26H33N5O3S. The van der Waals surface area contributed by atoms with Crippen LogP contribution in [0.25, 0.3) is 10.4 Å². The zero-order valence-corrected chi connectivity index (χ0v) is 21.6. The van der Waals surface area contributed by atoms with Crippen molar-refractivity contribution in [1.82, 2.24) is 20.4 Å². The molecule has 186 valence electrons. The highest BCUT2D eigenvalue weighted by atomic mass is 32.1. The van der Waals surface area contributed by atoms with Gasteiger partial charge in [0.05, 0.1) is 28.5 Å². The molecular weight excluding hydrogens is 462 g/mol. The summed E-state index contributed by atoms with van der Waals surface area (Å²) in [6.07, 6.45) is 1.57. The van der Waals surface area contributed by atoms with Gasteiger partial charge in [-0.25, -0.2) is 4.98 Å². The topological polar surface area (TPSA) is 91.6 Å². The van der Waals surface area contributed by atoms with Crippen LogP contribution in [0.2, 0.25) is 0 Å². The van der Waals surface area contributed by atoms with Crippen LogP contribution in [0.5, 0.6) is 0 Å². The monoisotopic (exact) mass is 495 g/mol. The molecule has 1 aromatic carbocycles. The number of thiazole rings is 1. The Morgan fingerprint density at radius 2 is 2.00 bits per heavy atom. The van der Waals surface area contributed by atoms with Gasteiger partial charge in [0.2, 0.25) is 11.8 Å². The molecule has 3 heterocycles. The Balaban J connectivity index is 1.36. The summed E-state index contributed by atoms with van der Waals surface area (Å²) in [7, 11) is 0. The fraction of sp³-hybridized carbons (Fsp3) is 0.462. The first-order valence-electron chi connectivity index (χ1n) is 12.2. The van der Waals surface area contributed by atoms with Crippen LogP contribution >= 0.6 is 11.3 Å². The van der Waals surface area contributed by atoms with E-state index in [0.29, 0.717) is 18.7 Å². The van der Waals surface area contributed by atoms with E-state index in [-0.39, 0.29) is 24.3 Å². The maximum atomic E-state index is 13.1. The molecule has 1 fully saturated rings. The molecule has 4 rings (SSSR count). The largest absolute Gasteiger partial charge is 0.359 e. The second kappa shape index (κ2) is 11.0. The fourth-order valence-corrected chi connectivity index (χ4v) is 5.38. The summed E-state index contributed by atoms with van der Waals surface area (Å²) in [5.74, 6) is 1.03. The van der Waals surface area contributed by atoms with Crippen LogP contribution in [0.3, 0.4) is 0 Å². The molecule has 0 bridgehead atoms. The lowest BCUT2D eigenvalue weighted by Gasteiger charge is -2.25. The maximum absolute atomic E-state index is 13.1. The SMILES string of the molecule is CCN(CC)c1cc(CC(=O)N2CCCC2C(=O)NC(C)c2ccc(-c3scnc3C)cc2)on1. The van der Waals surface area contributed by atoms with Crippen molar-refractivity contribution in [2.75, 3.05) is 24.5 Å². The molecule has 0 aliphatic carbocycles. The summed E-state index contributed by atoms with van der Waals surface area (Å²) < 4.78 is 5.40. The molecule has 8 nitrogen and oxygen atoms in total. The number of hydrogen-bond acceptors (Lipinski definition) is 7. The lowest BCUT2D eigenvalue weighted by Crippen LogP contribution is -2.47. The molecule has 1 aliphatic heterocycles. The number of anilines is 1. The van der Waals surface area contributed by atoms with Gasteiger partial charge in [-0.3, -0.25) is 9.59 Å². The first kappa shape index (κ1) is 24.9. The van der Waals surface area contributed by atoms with E-state index in [0.717, 1.165) is 47.0 Å². The summed E-state index contributed by atoms with van der Waals surface area (Å²) in [4.78, 5) is 35.3. The molecule has 2 aromatic heterocycles. The van der Waals surface area contributed by atoms with Crippen LogP contribution in [-0.4, -0.2) is 52.5 Å². The van der Waals surface area contributed by atoms with Gasteiger partial charge in [0.1, 0.15) is 11.8 Å². The summed E-state index contributed by atoms with van der Waals surface area (Å²) in [6, 6.07) is 9.39. The summed E-state index contributed by atoms with van der Waals surface area (Å²) in [5.41, 5.74) is 5.01. The number of likely N-dealkylation sites (tertiary alicyclic amines) is 1. The first-order chi connectivity index (χ1) is 16.9. The Kier molecular flexibility index (Phi) is 7.85. The lowest BCUT2D eigenvalue weighted by atomic mass is 10.0. The third-order valence-electron chi connectivity index (χ3n) is 6.61. The van der Waals surface area contributed by atoms with E-state index in [9.17, 15) is 9.59 Å². The van der Waals surface area contributed by atoms with Crippen molar-refractivity contribution < 1.29 is 14.1 Å². The maximum Gasteiger partial charge on any atom is 0.243 e. The van der Waals surface area contributed by atoms with E-state index < -0.39 is 6.04 Å². The Morgan fingerprint density at radius 3 is 2.66 bits per heavy atom. The van der Waals surface area contributed by atoms with E-state index in [4.69, 9.17) is 4.52 Å². The van der Waals surface area contributed by atoms with E-state index in [1.54, 1.807) is 16.2 Å². The van der Waals surface area contributed by atoms with Crippen molar-refractivity contribution in [2.45, 2.75) is 59.0 Å². The molecule has 0 spiro atoms. The lowest BCUT2D eigenvalue weighted by molar-refractivity contribution is -0.138. The van der Waals surface area contributed by atoms with Gasteiger partial charge in [-0.1, -0.05) is 29.4 Å². The number of nitrogens with zero attached hydrogens (tertiary/aromatic N) is 4. The average molecular weight is 496 g/mol. The van der Waals surface area contributed by atoms with Crippen LogP contribution < -0.4 is 10.2 Å². The molecule has 1 N–H and O–H groups in total. The number of nitrogens with one attached hydrogen (secondary N) is 1. The molecule has 2 atom stereocenters. The second-order valence-electron chi connectivity index (χ2n) is 8.86. The second-order valence-corrected chi connectivity index (χ2v) is 9.72. The van der Waals surface area contributed by atoms with Gasteiger partial charge in [-0.15, -0.1) is 11.3 Å². The van der Waals surface area contributed by atoms with Gasteiger partial charge in [0.25, 0.3) is 0 Å². The minimum absolute atomic E-state index is 0.103. The molecule has 9 heteroatoms. The number of aryl methyl sites for hydroxylation is 1. The minimum atomic E-state index is -0.464. The van der Waals surface area contributed by atoms with E-state index >= 15 is 0 Å². The summed E-state index contributed by atoms with van der Waals surface area (Å²) >= 11 is 1.62. The van der Waals surface area contributed by atoms with Gasteiger partial charge in [-0.2, -0.15) is 0 Å². The van der Waals surface area contributed by atoms with E-state index in [2.05, 4.69) is 32.5 Å². The number of rotatable bonds is 9. The van der Waals surface area contributed by atoms with Crippen LogP contribution in [-0.2, 0) is 16.0 Å². The van der Waals surface area contributed by atoms with E-state index in [1.165, 1.54) is 0 Å². The van der Waals surface area contributed by atoms with Gasteiger partial charge < -0.3 is 19.6 Å². The van der Waals surface area contributed by atoms with Gasteiger partial charge in [-0.05, 0) is 51.7 Å². The highest BCUT2D eigenvalue weighted by Gasteiger charge is 2.35. The van der Waals surface area contributed by atoms with E-state index in [1.807, 2.05) is 51.4 Å².